The van der Waals surface area contributed by atoms with Gasteiger partial charge < -0.3 is 14.7 Å². The van der Waals surface area contributed by atoms with Gasteiger partial charge in [-0.1, -0.05) is 19.1 Å². The molecule has 10 heteroatoms. The molecule has 8 nitrogen and oxygen atoms in total. The van der Waals surface area contributed by atoms with E-state index in [9.17, 15) is 22.7 Å². The SMILES string of the molecule is C[C@@H]1CN([C@@H](C)CO)C(=O)c2cc(-c3ccc(F)cc3)cnc2O[C@H]1CN(C)S(C)(=O)=O. The molecule has 1 aromatic heterocycles. The Kier molecular flexibility index (Phi) is 7.16. The molecule has 0 bridgehead atoms. The normalized spacial score (nSPS) is 20.3. The van der Waals surface area contributed by atoms with Gasteiger partial charge in [0.2, 0.25) is 15.9 Å². The Labute approximate surface area is 187 Å². The van der Waals surface area contributed by atoms with Crippen molar-refractivity contribution in [2.24, 2.45) is 5.92 Å². The summed E-state index contributed by atoms with van der Waals surface area (Å²) in [6.07, 6.45) is 2.08. The van der Waals surface area contributed by atoms with Crippen molar-refractivity contribution in [1.29, 1.82) is 0 Å². The standard InChI is InChI=1S/C22H28FN3O5S/c1-14-11-26(15(2)13-27)22(28)19-9-17(16-5-7-18(23)8-6-16)10-24-21(19)31-20(14)12-25(3)32(4,29)30/h5-10,14-15,20,27H,11-13H2,1-4H3/t14-,15+,20+/m1/s1. The molecule has 0 spiro atoms. The van der Waals surface area contributed by atoms with Crippen LogP contribution in [0, 0.1) is 11.7 Å². The van der Waals surface area contributed by atoms with Gasteiger partial charge >= 0.3 is 0 Å². The molecule has 1 aromatic carbocycles. The molecule has 0 radical (unpaired) electrons. The van der Waals surface area contributed by atoms with E-state index in [-0.39, 0.29) is 48.8 Å². The van der Waals surface area contributed by atoms with Crippen molar-refractivity contribution in [2.75, 3.05) is 33.0 Å². The van der Waals surface area contributed by atoms with Gasteiger partial charge in [0.25, 0.3) is 5.91 Å². The Morgan fingerprint density at radius 1 is 1.31 bits per heavy atom. The van der Waals surface area contributed by atoms with Gasteiger partial charge in [0.15, 0.2) is 0 Å². The number of carbonyl (C=O) groups is 1. The molecule has 0 saturated heterocycles. The number of ether oxygens (including phenoxy) is 1. The number of likely N-dealkylation sites (N-methyl/N-ethyl adjacent to an activating group) is 1. The highest BCUT2D eigenvalue weighted by Gasteiger charge is 2.35. The zero-order valence-electron chi connectivity index (χ0n) is 18.5. The highest BCUT2D eigenvalue weighted by molar-refractivity contribution is 7.88. The number of aliphatic hydroxyl groups is 1. The minimum Gasteiger partial charge on any atom is -0.472 e. The van der Waals surface area contributed by atoms with E-state index in [1.165, 1.54) is 29.7 Å². The molecule has 174 valence electrons. The van der Waals surface area contributed by atoms with Gasteiger partial charge in [-0.05, 0) is 30.7 Å². The molecule has 1 aliphatic heterocycles. The number of hydrogen-bond acceptors (Lipinski definition) is 6. The molecule has 1 aliphatic rings. The van der Waals surface area contributed by atoms with Crippen molar-refractivity contribution >= 4 is 15.9 Å². The zero-order valence-corrected chi connectivity index (χ0v) is 19.3. The fourth-order valence-corrected chi connectivity index (χ4v) is 3.93. The second kappa shape index (κ2) is 9.51. The topological polar surface area (TPSA) is 100 Å². The monoisotopic (exact) mass is 465 g/mol. The number of nitrogens with zero attached hydrogens (tertiary/aromatic N) is 3. The van der Waals surface area contributed by atoms with E-state index in [1.807, 2.05) is 6.92 Å². The van der Waals surface area contributed by atoms with Gasteiger partial charge in [-0.15, -0.1) is 0 Å². The Balaban J connectivity index is 2.06. The quantitative estimate of drug-likeness (QED) is 0.701. The van der Waals surface area contributed by atoms with Crippen LogP contribution in [-0.2, 0) is 10.0 Å². The Hall–Kier alpha value is -2.56. The van der Waals surface area contributed by atoms with Crippen LogP contribution < -0.4 is 4.74 Å². The Bertz CT molecular complexity index is 1080. The third-order valence-electron chi connectivity index (χ3n) is 5.70. The molecule has 0 aliphatic carbocycles. The van der Waals surface area contributed by atoms with Crippen LogP contribution in [0.1, 0.15) is 24.2 Å². The molecule has 2 aromatic rings. The third-order valence-corrected chi connectivity index (χ3v) is 6.98. The number of halogens is 1. The number of amides is 1. The average Bonchev–Trinajstić information content (AvgIpc) is 2.75. The van der Waals surface area contributed by atoms with E-state index < -0.39 is 22.2 Å². The fourth-order valence-electron chi connectivity index (χ4n) is 3.51. The number of rotatable bonds is 6. The largest absolute Gasteiger partial charge is 0.472 e. The van der Waals surface area contributed by atoms with Gasteiger partial charge in [-0.3, -0.25) is 4.79 Å². The number of aliphatic hydroxyl groups excluding tert-OH is 1. The summed E-state index contributed by atoms with van der Waals surface area (Å²) in [5.74, 6) is -0.861. The molecule has 3 atom stereocenters. The summed E-state index contributed by atoms with van der Waals surface area (Å²) in [6.45, 7) is 3.72. The summed E-state index contributed by atoms with van der Waals surface area (Å²) in [4.78, 5) is 19.3. The molecule has 2 heterocycles. The number of hydrogen-bond donors (Lipinski definition) is 1. The molecule has 1 N–H and O–H groups in total. The molecule has 0 unspecified atom stereocenters. The lowest BCUT2D eigenvalue weighted by Gasteiger charge is -2.37. The van der Waals surface area contributed by atoms with Crippen LogP contribution in [-0.4, -0.2) is 78.8 Å². The van der Waals surface area contributed by atoms with E-state index in [0.29, 0.717) is 11.1 Å². The summed E-state index contributed by atoms with van der Waals surface area (Å²) in [5, 5.41) is 9.71. The first kappa shape index (κ1) is 24.1. The second-order valence-electron chi connectivity index (χ2n) is 8.25. The summed E-state index contributed by atoms with van der Waals surface area (Å²) in [5.41, 5.74) is 1.49. The van der Waals surface area contributed by atoms with Crippen LogP contribution in [0.25, 0.3) is 11.1 Å². The summed E-state index contributed by atoms with van der Waals surface area (Å²) in [7, 11) is -1.97. The van der Waals surface area contributed by atoms with E-state index in [2.05, 4.69) is 4.98 Å². The van der Waals surface area contributed by atoms with Crippen LogP contribution in [0.3, 0.4) is 0 Å². The van der Waals surface area contributed by atoms with Gasteiger partial charge in [-0.25, -0.2) is 22.1 Å². The first-order valence-electron chi connectivity index (χ1n) is 10.3. The first-order chi connectivity index (χ1) is 15.0. The molecule has 0 fully saturated rings. The van der Waals surface area contributed by atoms with Crippen molar-refractivity contribution < 1.29 is 27.4 Å². The Morgan fingerprint density at radius 3 is 2.56 bits per heavy atom. The highest BCUT2D eigenvalue weighted by atomic mass is 32.2. The van der Waals surface area contributed by atoms with Crippen molar-refractivity contribution in [1.82, 2.24) is 14.2 Å². The maximum Gasteiger partial charge on any atom is 0.259 e. The van der Waals surface area contributed by atoms with Crippen molar-refractivity contribution in [2.45, 2.75) is 26.0 Å². The van der Waals surface area contributed by atoms with Crippen LogP contribution >= 0.6 is 0 Å². The van der Waals surface area contributed by atoms with Crippen molar-refractivity contribution in [3.8, 4) is 17.0 Å². The average molecular weight is 466 g/mol. The van der Waals surface area contributed by atoms with Crippen LogP contribution in [0.2, 0.25) is 0 Å². The maximum absolute atomic E-state index is 13.4. The van der Waals surface area contributed by atoms with E-state index in [1.54, 1.807) is 30.0 Å². The fraction of sp³-hybridized carbons (Fsp3) is 0.455. The van der Waals surface area contributed by atoms with Gasteiger partial charge in [0.05, 0.1) is 25.4 Å². The highest BCUT2D eigenvalue weighted by Crippen LogP contribution is 2.30. The lowest BCUT2D eigenvalue weighted by atomic mass is 9.99. The van der Waals surface area contributed by atoms with Crippen LogP contribution in [0.5, 0.6) is 5.88 Å². The van der Waals surface area contributed by atoms with E-state index in [4.69, 9.17) is 4.74 Å². The van der Waals surface area contributed by atoms with Crippen LogP contribution in [0.4, 0.5) is 4.39 Å². The minimum absolute atomic E-state index is 0.0797. The van der Waals surface area contributed by atoms with E-state index in [0.717, 1.165) is 6.26 Å². The number of pyridine rings is 1. The molecular weight excluding hydrogens is 437 g/mol. The minimum atomic E-state index is -3.43. The molecule has 1 amide bonds. The van der Waals surface area contributed by atoms with Gasteiger partial charge in [0.1, 0.15) is 17.5 Å². The number of fused-ring (bicyclic) bond motifs is 1. The van der Waals surface area contributed by atoms with Gasteiger partial charge in [0, 0.05) is 31.3 Å². The third kappa shape index (κ3) is 5.25. The number of aromatic nitrogens is 1. The second-order valence-corrected chi connectivity index (χ2v) is 10.3. The predicted octanol–water partition coefficient (Wildman–Crippen LogP) is 2.00. The summed E-state index contributed by atoms with van der Waals surface area (Å²) in [6, 6.07) is 6.99. The van der Waals surface area contributed by atoms with Crippen LogP contribution in [0.15, 0.2) is 36.5 Å². The first-order valence-corrected chi connectivity index (χ1v) is 12.1. The Morgan fingerprint density at radius 2 is 1.97 bits per heavy atom. The zero-order chi connectivity index (χ0) is 23.6. The maximum atomic E-state index is 13.4. The van der Waals surface area contributed by atoms with Crippen molar-refractivity contribution in [3.05, 3.63) is 47.9 Å². The molecule has 32 heavy (non-hydrogen) atoms. The number of benzene rings is 1. The predicted molar refractivity (Wildman–Crippen MR) is 118 cm³/mol. The molecular formula is C22H28FN3O5S. The lowest BCUT2D eigenvalue weighted by Crippen LogP contribution is -2.50. The number of sulfonamides is 1. The summed E-state index contributed by atoms with van der Waals surface area (Å²) >= 11 is 0. The van der Waals surface area contributed by atoms with E-state index >= 15 is 0 Å². The molecule has 0 saturated carbocycles. The summed E-state index contributed by atoms with van der Waals surface area (Å²) < 4.78 is 44.5. The lowest BCUT2D eigenvalue weighted by molar-refractivity contribution is 0.0374. The van der Waals surface area contributed by atoms with Crippen molar-refractivity contribution in [3.63, 3.8) is 0 Å². The van der Waals surface area contributed by atoms with Gasteiger partial charge in [-0.2, -0.15) is 0 Å². The molecule has 3 rings (SSSR count). The number of carbonyl (C=O) groups excluding carboxylic acids is 1. The smallest absolute Gasteiger partial charge is 0.259 e.